The van der Waals surface area contributed by atoms with Crippen molar-refractivity contribution in [3.8, 4) is 5.75 Å². The first-order chi connectivity index (χ1) is 13.4. The molecule has 0 atom stereocenters. The van der Waals surface area contributed by atoms with Crippen LogP contribution in [0.3, 0.4) is 0 Å². The van der Waals surface area contributed by atoms with Crippen molar-refractivity contribution in [3.63, 3.8) is 0 Å². The summed E-state index contributed by atoms with van der Waals surface area (Å²) in [6, 6.07) is 10.4. The second kappa shape index (κ2) is 9.86. The molecule has 0 fully saturated rings. The largest absolute Gasteiger partial charge is 0.483 e. The van der Waals surface area contributed by atoms with E-state index in [0.29, 0.717) is 29.0 Å². The zero-order chi connectivity index (χ0) is 20.5. The summed E-state index contributed by atoms with van der Waals surface area (Å²) in [4.78, 5) is 34.1. The van der Waals surface area contributed by atoms with Crippen molar-refractivity contribution < 1.29 is 24.0 Å². The second-order valence-electron chi connectivity index (χ2n) is 5.68. The average molecular weight is 384 g/mol. The Morgan fingerprint density at radius 1 is 1.21 bits per heavy atom. The van der Waals surface area contributed by atoms with Crippen LogP contribution >= 0.6 is 0 Å². The van der Waals surface area contributed by atoms with E-state index in [0.717, 1.165) is 0 Å². The summed E-state index contributed by atoms with van der Waals surface area (Å²) in [5.74, 6) is -0.471. The van der Waals surface area contributed by atoms with Crippen molar-refractivity contribution in [2.24, 2.45) is 0 Å². The van der Waals surface area contributed by atoms with Gasteiger partial charge in [0.25, 0.3) is 11.6 Å². The third-order valence-electron chi connectivity index (χ3n) is 3.66. The number of anilines is 1. The van der Waals surface area contributed by atoms with Gasteiger partial charge in [0, 0.05) is 23.4 Å². The van der Waals surface area contributed by atoms with E-state index in [-0.39, 0.29) is 18.9 Å². The van der Waals surface area contributed by atoms with Crippen LogP contribution in [0, 0.1) is 10.1 Å². The molecule has 0 unspecified atom stereocenters. The number of nitrogens with zero attached hydrogens (tertiary/aromatic N) is 1. The molecule has 0 heterocycles. The van der Waals surface area contributed by atoms with Gasteiger partial charge in [-0.25, -0.2) is 4.79 Å². The molecular weight excluding hydrogens is 364 g/mol. The Labute approximate surface area is 161 Å². The highest BCUT2D eigenvalue weighted by molar-refractivity contribution is 5.93. The molecule has 1 N–H and O–H groups in total. The fourth-order valence-electron chi connectivity index (χ4n) is 2.38. The van der Waals surface area contributed by atoms with Crippen molar-refractivity contribution in [3.05, 3.63) is 76.4 Å². The number of amides is 1. The van der Waals surface area contributed by atoms with Crippen molar-refractivity contribution in [2.75, 3.05) is 18.5 Å². The summed E-state index contributed by atoms with van der Waals surface area (Å²) in [5.41, 5.74) is 1.39. The first-order valence-corrected chi connectivity index (χ1v) is 8.52. The molecule has 0 aliphatic rings. The van der Waals surface area contributed by atoms with Gasteiger partial charge in [-0.3, -0.25) is 14.9 Å². The maximum Gasteiger partial charge on any atom is 0.338 e. The van der Waals surface area contributed by atoms with Crippen LogP contribution in [-0.4, -0.2) is 30.0 Å². The molecule has 2 aromatic rings. The van der Waals surface area contributed by atoms with Gasteiger partial charge in [0.15, 0.2) is 6.61 Å². The Bertz CT molecular complexity index is 877. The Hall–Kier alpha value is -3.68. The lowest BCUT2D eigenvalue weighted by atomic mass is 10.1. The number of rotatable bonds is 9. The van der Waals surface area contributed by atoms with Crippen LogP contribution in [0.15, 0.2) is 55.1 Å². The molecular formula is C20H20N2O6. The number of nitrogens with one attached hydrogen (secondary N) is 1. The maximum absolute atomic E-state index is 12.1. The fourth-order valence-corrected chi connectivity index (χ4v) is 2.38. The van der Waals surface area contributed by atoms with E-state index in [9.17, 15) is 19.7 Å². The highest BCUT2D eigenvalue weighted by Crippen LogP contribution is 2.25. The predicted octanol–water partition coefficient (Wildman–Crippen LogP) is 3.52. The summed E-state index contributed by atoms with van der Waals surface area (Å²) < 4.78 is 10.4. The predicted molar refractivity (Wildman–Crippen MR) is 104 cm³/mol. The third kappa shape index (κ3) is 5.66. The SMILES string of the molecule is C=CCc1cc([N+](=O)[O-])ccc1OCC(=O)Nc1ccc(C(=O)OCC)cc1. The number of ether oxygens (including phenoxy) is 2. The van der Waals surface area contributed by atoms with Gasteiger partial charge >= 0.3 is 5.97 Å². The van der Waals surface area contributed by atoms with Gasteiger partial charge in [0.2, 0.25) is 0 Å². The summed E-state index contributed by atoms with van der Waals surface area (Å²) in [5, 5.41) is 13.5. The summed E-state index contributed by atoms with van der Waals surface area (Å²) in [7, 11) is 0. The summed E-state index contributed by atoms with van der Waals surface area (Å²) in [6.07, 6.45) is 1.96. The van der Waals surface area contributed by atoms with Crippen LogP contribution in [0.4, 0.5) is 11.4 Å². The Morgan fingerprint density at radius 3 is 2.54 bits per heavy atom. The van der Waals surface area contributed by atoms with Crippen LogP contribution in [-0.2, 0) is 16.0 Å². The van der Waals surface area contributed by atoms with Crippen LogP contribution in [0.5, 0.6) is 5.75 Å². The molecule has 1 amide bonds. The normalized spacial score (nSPS) is 10.0. The minimum absolute atomic E-state index is 0.0599. The molecule has 28 heavy (non-hydrogen) atoms. The number of esters is 1. The quantitative estimate of drug-likeness (QED) is 0.307. The van der Waals surface area contributed by atoms with Crippen LogP contribution < -0.4 is 10.1 Å². The molecule has 8 heteroatoms. The zero-order valence-electron chi connectivity index (χ0n) is 15.3. The van der Waals surface area contributed by atoms with Crippen molar-refractivity contribution in [2.45, 2.75) is 13.3 Å². The van der Waals surface area contributed by atoms with E-state index in [1.54, 1.807) is 37.3 Å². The third-order valence-corrected chi connectivity index (χ3v) is 3.66. The highest BCUT2D eigenvalue weighted by Gasteiger charge is 2.13. The number of carbonyl (C=O) groups excluding carboxylic acids is 2. The molecule has 8 nitrogen and oxygen atoms in total. The number of nitro benzene ring substituents is 1. The molecule has 0 aromatic heterocycles. The highest BCUT2D eigenvalue weighted by atomic mass is 16.6. The van der Waals surface area contributed by atoms with Gasteiger partial charge in [-0.2, -0.15) is 0 Å². The molecule has 0 aliphatic carbocycles. The Morgan fingerprint density at radius 2 is 1.93 bits per heavy atom. The lowest BCUT2D eigenvalue weighted by molar-refractivity contribution is -0.384. The average Bonchev–Trinajstić information content (AvgIpc) is 2.68. The monoisotopic (exact) mass is 384 g/mol. The van der Waals surface area contributed by atoms with Crippen LogP contribution in [0.25, 0.3) is 0 Å². The van der Waals surface area contributed by atoms with Crippen molar-refractivity contribution in [1.29, 1.82) is 0 Å². The van der Waals surface area contributed by atoms with Crippen LogP contribution in [0.2, 0.25) is 0 Å². The smallest absolute Gasteiger partial charge is 0.338 e. The van der Waals surface area contributed by atoms with Gasteiger partial charge in [0.1, 0.15) is 5.75 Å². The minimum atomic E-state index is -0.497. The molecule has 0 saturated carbocycles. The molecule has 0 spiro atoms. The number of nitro groups is 1. The molecule has 2 rings (SSSR count). The van der Waals surface area contributed by atoms with Gasteiger partial charge in [-0.05, 0) is 43.7 Å². The Kier molecular flexibility index (Phi) is 7.27. The first-order valence-electron chi connectivity index (χ1n) is 8.52. The van der Waals surface area contributed by atoms with Crippen LogP contribution in [0.1, 0.15) is 22.8 Å². The topological polar surface area (TPSA) is 108 Å². The number of carbonyl (C=O) groups is 2. The summed E-state index contributed by atoms with van der Waals surface area (Å²) in [6.45, 7) is 5.34. The lowest BCUT2D eigenvalue weighted by Gasteiger charge is -2.11. The van der Waals surface area contributed by atoms with Gasteiger partial charge in [0.05, 0.1) is 17.1 Å². The zero-order valence-corrected chi connectivity index (χ0v) is 15.3. The minimum Gasteiger partial charge on any atom is -0.483 e. The van der Waals surface area contributed by atoms with E-state index in [1.165, 1.54) is 18.2 Å². The van der Waals surface area contributed by atoms with Crippen molar-refractivity contribution >= 4 is 23.3 Å². The number of hydrogen-bond acceptors (Lipinski definition) is 6. The number of hydrogen-bond donors (Lipinski definition) is 1. The maximum atomic E-state index is 12.1. The Balaban J connectivity index is 1.97. The van der Waals surface area contributed by atoms with E-state index in [4.69, 9.17) is 9.47 Å². The van der Waals surface area contributed by atoms with Gasteiger partial charge < -0.3 is 14.8 Å². The molecule has 0 bridgehead atoms. The van der Waals surface area contributed by atoms with E-state index in [1.807, 2.05) is 0 Å². The molecule has 0 aliphatic heterocycles. The number of non-ortho nitro benzene ring substituents is 1. The number of benzene rings is 2. The van der Waals surface area contributed by atoms with Gasteiger partial charge in [-0.1, -0.05) is 6.08 Å². The van der Waals surface area contributed by atoms with E-state index >= 15 is 0 Å². The second-order valence-corrected chi connectivity index (χ2v) is 5.68. The van der Waals surface area contributed by atoms with Crippen molar-refractivity contribution in [1.82, 2.24) is 0 Å². The van der Waals surface area contributed by atoms with E-state index in [2.05, 4.69) is 11.9 Å². The first kappa shape index (κ1) is 20.6. The molecule has 0 radical (unpaired) electrons. The number of allylic oxidation sites excluding steroid dienone is 1. The van der Waals surface area contributed by atoms with E-state index < -0.39 is 16.8 Å². The standard InChI is InChI=1S/C20H20N2O6/c1-3-5-15-12-17(22(25)26)10-11-18(15)28-13-19(23)21-16-8-6-14(7-9-16)20(24)27-4-2/h3,6-12H,1,4-5,13H2,2H3,(H,21,23). The molecule has 0 saturated heterocycles. The molecule has 2 aromatic carbocycles. The summed E-state index contributed by atoms with van der Waals surface area (Å²) >= 11 is 0. The van der Waals surface area contributed by atoms with Gasteiger partial charge in [-0.15, -0.1) is 6.58 Å². The molecule has 146 valence electrons. The fraction of sp³-hybridized carbons (Fsp3) is 0.200. The lowest BCUT2D eigenvalue weighted by Crippen LogP contribution is -2.20.